The highest BCUT2D eigenvalue weighted by Crippen LogP contribution is 2.40. The highest BCUT2D eigenvalue weighted by Gasteiger charge is 2.43. The quantitative estimate of drug-likeness (QED) is 0.930. The average molecular weight is 289 g/mol. The molecule has 2 atom stereocenters. The third-order valence-electron chi connectivity index (χ3n) is 3.84. The van der Waals surface area contributed by atoms with Crippen LogP contribution in [0.15, 0.2) is 12.4 Å². The molecule has 0 radical (unpaired) electrons. The van der Waals surface area contributed by atoms with Crippen molar-refractivity contribution in [3.8, 4) is 0 Å². The van der Waals surface area contributed by atoms with Gasteiger partial charge in [0.25, 0.3) is 0 Å². The first-order valence-electron chi connectivity index (χ1n) is 6.67. The smallest absolute Gasteiger partial charge is 0.341 e. The Morgan fingerprint density at radius 1 is 1.50 bits per heavy atom. The molecular formula is C13H18F3N3O. The highest BCUT2D eigenvalue weighted by molar-refractivity contribution is 5.78. The van der Waals surface area contributed by atoms with Crippen LogP contribution in [0.4, 0.5) is 13.2 Å². The predicted molar refractivity (Wildman–Crippen MR) is 66.6 cm³/mol. The Kier molecular flexibility index (Phi) is 4.35. The minimum Gasteiger partial charge on any atom is -0.341 e. The number of alkyl halides is 3. The number of hydrogen-bond donors (Lipinski definition) is 1. The standard InChI is InChI=1S/C13H18F3N3O/c1-19(8-9-6-17-18-7-9)12(20)10-3-2-4-11(5-10)13(14,15)16/h6-7,10-11H,2-5,8H2,1H3,(H,17,18). The van der Waals surface area contributed by atoms with Gasteiger partial charge in [0.1, 0.15) is 0 Å². The first kappa shape index (κ1) is 14.9. The van der Waals surface area contributed by atoms with Crippen molar-refractivity contribution in [3.05, 3.63) is 18.0 Å². The van der Waals surface area contributed by atoms with E-state index >= 15 is 0 Å². The van der Waals surface area contributed by atoms with Gasteiger partial charge in [0.2, 0.25) is 5.91 Å². The summed E-state index contributed by atoms with van der Waals surface area (Å²) in [5.74, 6) is -2.07. The Bertz CT molecular complexity index is 444. The minimum atomic E-state index is -4.19. The Morgan fingerprint density at radius 2 is 2.25 bits per heavy atom. The molecule has 0 aromatic carbocycles. The molecule has 7 heteroatoms. The molecule has 1 fully saturated rings. The third kappa shape index (κ3) is 3.52. The summed E-state index contributed by atoms with van der Waals surface area (Å²) in [6.07, 6.45) is 0.131. The Labute approximate surface area is 115 Å². The zero-order valence-electron chi connectivity index (χ0n) is 11.3. The van der Waals surface area contributed by atoms with Crippen LogP contribution < -0.4 is 0 Å². The van der Waals surface area contributed by atoms with Crippen molar-refractivity contribution in [2.75, 3.05) is 7.05 Å². The van der Waals surface area contributed by atoms with Gasteiger partial charge in [-0.25, -0.2) is 0 Å². The van der Waals surface area contributed by atoms with Crippen LogP contribution in [0.25, 0.3) is 0 Å². The molecule has 2 unspecified atom stereocenters. The number of carbonyl (C=O) groups is 1. The Balaban J connectivity index is 1.94. The topological polar surface area (TPSA) is 49.0 Å². The molecule has 20 heavy (non-hydrogen) atoms. The van der Waals surface area contributed by atoms with Crippen LogP contribution in [-0.4, -0.2) is 34.2 Å². The number of aromatic amines is 1. The summed E-state index contributed by atoms with van der Waals surface area (Å²) in [4.78, 5) is 13.7. The molecule has 4 nitrogen and oxygen atoms in total. The maximum Gasteiger partial charge on any atom is 0.391 e. The van der Waals surface area contributed by atoms with Crippen LogP contribution in [-0.2, 0) is 11.3 Å². The van der Waals surface area contributed by atoms with Crippen molar-refractivity contribution in [3.63, 3.8) is 0 Å². The van der Waals surface area contributed by atoms with E-state index in [1.165, 1.54) is 4.90 Å². The van der Waals surface area contributed by atoms with Crippen LogP contribution in [0.1, 0.15) is 31.2 Å². The maximum atomic E-state index is 12.7. The number of hydrogen-bond acceptors (Lipinski definition) is 2. The van der Waals surface area contributed by atoms with Crippen LogP contribution in [0, 0.1) is 11.8 Å². The summed E-state index contributed by atoms with van der Waals surface area (Å²) in [5, 5.41) is 6.42. The number of rotatable bonds is 3. The van der Waals surface area contributed by atoms with Crippen molar-refractivity contribution in [1.29, 1.82) is 0 Å². The molecule has 0 aliphatic heterocycles. The SMILES string of the molecule is CN(Cc1cn[nH]c1)C(=O)C1CCCC(C(F)(F)F)C1. The fourth-order valence-electron chi connectivity index (χ4n) is 2.74. The van der Waals surface area contributed by atoms with E-state index in [2.05, 4.69) is 10.2 Å². The molecule has 1 aromatic rings. The summed E-state index contributed by atoms with van der Waals surface area (Å²) in [5.41, 5.74) is 0.837. The molecule has 1 aliphatic rings. The van der Waals surface area contributed by atoms with Crippen molar-refractivity contribution < 1.29 is 18.0 Å². The van der Waals surface area contributed by atoms with Gasteiger partial charge in [-0.3, -0.25) is 9.89 Å². The van der Waals surface area contributed by atoms with E-state index in [9.17, 15) is 18.0 Å². The Morgan fingerprint density at radius 3 is 2.85 bits per heavy atom. The molecule has 0 spiro atoms. The molecule has 1 aliphatic carbocycles. The summed E-state index contributed by atoms with van der Waals surface area (Å²) < 4.78 is 38.2. The molecule has 1 amide bonds. The zero-order chi connectivity index (χ0) is 14.8. The lowest BCUT2D eigenvalue weighted by Crippen LogP contribution is -2.38. The largest absolute Gasteiger partial charge is 0.391 e. The second-order valence-electron chi connectivity index (χ2n) is 5.40. The number of aromatic nitrogens is 2. The lowest BCUT2D eigenvalue weighted by molar-refractivity contribution is -0.187. The monoisotopic (exact) mass is 289 g/mol. The molecule has 2 rings (SSSR count). The third-order valence-corrected chi connectivity index (χ3v) is 3.84. The second-order valence-corrected chi connectivity index (χ2v) is 5.40. The summed E-state index contributed by atoms with van der Waals surface area (Å²) in [6.45, 7) is 0.364. The van der Waals surface area contributed by atoms with Crippen molar-refractivity contribution in [2.24, 2.45) is 11.8 Å². The number of amides is 1. The molecule has 0 bridgehead atoms. The van der Waals surface area contributed by atoms with Crippen molar-refractivity contribution in [1.82, 2.24) is 15.1 Å². The zero-order valence-corrected chi connectivity index (χ0v) is 11.3. The molecule has 112 valence electrons. The normalized spacial score (nSPS) is 23.6. The maximum absolute atomic E-state index is 12.7. The molecule has 0 saturated heterocycles. The van der Waals surface area contributed by atoms with Gasteiger partial charge in [0.15, 0.2) is 0 Å². The van der Waals surface area contributed by atoms with E-state index in [0.29, 0.717) is 19.4 Å². The van der Waals surface area contributed by atoms with Gasteiger partial charge >= 0.3 is 6.18 Å². The van der Waals surface area contributed by atoms with Crippen molar-refractivity contribution >= 4 is 5.91 Å². The molecular weight excluding hydrogens is 271 g/mol. The number of carbonyl (C=O) groups excluding carboxylic acids is 1. The minimum absolute atomic E-state index is 0.0853. The van der Waals surface area contributed by atoms with Gasteiger partial charge < -0.3 is 4.90 Å². The van der Waals surface area contributed by atoms with Gasteiger partial charge in [0.05, 0.1) is 12.1 Å². The summed E-state index contributed by atoms with van der Waals surface area (Å²) >= 11 is 0. The highest BCUT2D eigenvalue weighted by atomic mass is 19.4. The van der Waals surface area contributed by atoms with Gasteiger partial charge in [0, 0.05) is 31.3 Å². The lowest BCUT2D eigenvalue weighted by atomic mass is 9.80. The van der Waals surface area contributed by atoms with Crippen LogP contribution in [0.3, 0.4) is 0 Å². The predicted octanol–water partition coefficient (Wildman–Crippen LogP) is 2.74. The van der Waals surface area contributed by atoms with Gasteiger partial charge in [-0.05, 0) is 19.3 Å². The molecule has 1 N–H and O–H groups in total. The number of halogens is 3. The van der Waals surface area contributed by atoms with E-state index in [-0.39, 0.29) is 18.7 Å². The van der Waals surface area contributed by atoms with Gasteiger partial charge in [-0.1, -0.05) is 6.42 Å². The first-order valence-corrected chi connectivity index (χ1v) is 6.67. The number of nitrogens with zero attached hydrogens (tertiary/aromatic N) is 2. The van der Waals surface area contributed by atoms with E-state index < -0.39 is 18.0 Å². The molecule has 1 heterocycles. The van der Waals surface area contributed by atoms with E-state index in [1.54, 1.807) is 19.4 Å². The summed E-state index contributed by atoms with van der Waals surface area (Å²) in [7, 11) is 1.62. The second kappa shape index (κ2) is 5.85. The lowest BCUT2D eigenvalue weighted by Gasteiger charge is -2.32. The van der Waals surface area contributed by atoms with Crippen LogP contribution >= 0.6 is 0 Å². The van der Waals surface area contributed by atoms with Gasteiger partial charge in [-0.15, -0.1) is 0 Å². The van der Waals surface area contributed by atoms with E-state index in [4.69, 9.17) is 0 Å². The van der Waals surface area contributed by atoms with Gasteiger partial charge in [-0.2, -0.15) is 18.3 Å². The van der Waals surface area contributed by atoms with E-state index in [0.717, 1.165) is 5.56 Å². The molecule has 1 saturated carbocycles. The summed E-state index contributed by atoms with van der Waals surface area (Å²) in [6, 6.07) is 0. The van der Waals surface area contributed by atoms with Crippen LogP contribution in [0.2, 0.25) is 0 Å². The first-order chi connectivity index (χ1) is 9.38. The van der Waals surface area contributed by atoms with Crippen LogP contribution in [0.5, 0.6) is 0 Å². The van der Waals surface area contributed by atoms with Crippen molar-refractivity contribution in [2.45, 2.75) is 38.4 Å². The fourth-order valence-corrected chi connectivity index (χ4v) is 2.74. The number of nitrogens with one attached hydrogen (secondary N) is 1. The fraction of sp³-hybridized carbons (Fsp3) is 0.692. The number of H-pyrrole nitrogens is 1. The Hall–Kier alpha value is -1.53. The average Bonchev–Trinajstić information content (AvgIpc) is 2.90. The van der Waals surface area contributed by atoms with E-state index in [1.807, 2.05) is 0 Å². The molecule has 1 aromatic heterocycles.